The van der Waals surface area contributed by atoms with E-state index in [1.54, 1.807) is 24.5 Å². The van der Waals surface area contributed by atoms with Crippen molar-refractivity contribution in [2.45, 2.75) is 20.4 Å². The fourth-order valence-corrected chi connectivity index (χ4v) is 3.72. The monoisotopic (exact) mass is 407 g/mol. The first-order chi connectivity index (χ1) is 14.5. The predicted molar refractivity (Wildman–Crippen MR) is 112 cm³/mol. The number of aromatic amines is 1. The zero-order chi connectivity index (χ0) is 21.1. The second-order valence-electron chi connectivity index (χ2n) is 7.46. The summed E-state index contributed by atoms with van der Waals surface area (Å²) in [6.07, 6.45) is 3.42. The average Bonchev–Trinajstić information content (AvgIpc) is 3.11. The molecule has 3 aromatic heterocycles. The molecule has 1 amide bonds. The van der Waals surface area contributed by atoms with Gasteiger partial charge in [-0.15, -0.1) is 0 Å². The van der Waals surface area contributed by atoms with Crippen LogP contribution < -0.4 is 5.56 Å². The van der Waals surface area contributed by atoms with Crippen molar-refractivity contribution in [3.05, 3.63) is 64.0 Å². The van der Waals surface area contributed by atoms with Crippen LogP contribution in [0.4, 0.5) is 0 Å². The maximum atomic E-state index is 12.8. The molecule has 9 heteroatoms. The average molecular weight is 407 g/mol. The Hall–Kier alpha value is -3.33. The van der Waals surface area contributed by atoms with E-state index in [4.69, 9.17) is 0 Å². The van der Waals surface area contributed by atoms with Crippen LogP contribution in [0.3, 0.4) is 0 Å². The minimum Gasteiger partial charge on any atom is -0.336 e. The standard InChI is InChI=1S/C21H25N7O2/c1-15-20(16(2)24-23-15)21(30)27-12-9-26(10-13-27)11-14-28-19(29)4-3-18(25-28)17-5-7-22-8-6-17/h3-8H,9-14H2,1-2H3,(H,23,24). The van der Waals surface area contributed by atoms with Gasteiger partial charge in [0.25, 0.3) is 11.5 Å². The zero-order valence-corrected chi connectivity index (χ0v) is 17.2. The predicted octanol–water partition coefficient (Wildman–Crippen LogP) is 1.10. The van der Waals surface area contributed by atoms with Crippen LogP contribution in [-0.2, 0) is 6.54 Å². The first kappa shape index (κ1) is 20.0. The lowest BCUT2D eigenvalue weighted by Gasteiger charge is -2.34. The van der Waals surface area contributed by atoms with E-state index in [-0.39, 0.29) is 11.5 Å². The molecule has 0 aromatic carbocycles. The first-order valence-electron chi connectivity index (χ1n) is 10.0. The molecule has 0 saturated carbocycles. The molecular formula is C21H25N7O2. The molecule has 4 heterocycles. The fourth-order valence-electron chi connectivity index (χ4n) is 3.72. The number of nitrogens with one attached hydrogen (secondary N) is 1. The molecule has 0 spiro atoms. The molecule has 0 aliphatic carbocycles. The first-order valence-corrected chi connectivity index (χ1v) is 10.0. The Morgan fingerprint density at radius 1 is 1.03 bits per heavy atom. The molecule has 0 bridgehead atoms. The number of H-pyrrole nitrogens is 1. The molecule has 1 saturated heterocycles. The van der Waals surface area contributed by atoms with Crippen molar-refractivity contribution in [3.63, 3.8) is 0 Å². The molecule has 1 aliphatic rings. The molecule has 0 radical (unpaired) electrons. The number of pyridine rings is 1. The van der Waals surface area contributed by atoms with Crippen molar-refractivity contribution in [2.75, 3.05) is 32.7 Å². The van der Waals surface area contributed by atoms with Crippen LogP contribution in [0.1, 0.15) is 21.7 Å². The number of amides is 1. The van der Waals surface area contributed by atoms with E-state index < -0.39 is 0 Å². The number of nitrogens with zero attached hydrogens (tertiary/aromatic N) is 6. The van der Waals surface area contributed by atoms with E-state index in [0.717, 1.165) is 35.7 Å². The molecule has 1 aliphatic heterocycles. The zero-order valence-electron chi connectivity index (χ0n) is 17.2. The molecule has 156 valence electrons. The topological polar surface area (TPSA) is 100 Å². The van der Waals surface area contributed by atoms with Gasteiger partial charge in [-0.3, -0.25) is 24.6 Å². The van der Waals surface area contributed by atoms with E-state index in [9.17, 15) is 9.59 Å². The minimum atomic E-state index is -0.118. The molecule has 3 aromatic rings. The Morgan fingerprint density at radius 2 is 1.77 bits per heavy atom. The van der Waals surface area contributed by atoms with Crippen LogP contribution >= 0.6 is 0 Å². The fraction of sp³-hybridized carbons (Fsp3) is 0.381. The van der Waals surface area contributed by atoms with E-state index in [1.165, 1.54) is 4.68 Å². The van der Waals surface area contributed by atoms with Crippen LogP contribution in [-0.4, -0.2) is 73.4 Å². The SMILES string of the molecule is Cc1n[nH]c(C)c1C(=O)N1CCN(CCn2nc(-c3ccncc3)ccc2=O)CC1. The third-order valence-corrected chi connectivity index (χ3v) is 5.47. The summed E-state index contributed by atoms with van der Waals surface area (Å²) in [6.45, 7) is 7.77. The van der Waals surface area contributed by atoms with Gasteiger partial charge < -0.3 is 4.90 Å². The lowest BCUT2D eigenvalue weighted by molar-refractivity contribution is 0.0630. The minimum absolute atomic E-state index is 0.0290. The van der Waals surface area contributed by atoms with Crippen LogP contribution in [0.25, 0.3) is 11.3 Å². The highest BCUT2D eigenvalue weighted by Crippen LogP contribution is 2.15. The van der Waals surface area contributed by atoms with Crippen molar-refractivity contribution in [1.29, 1.82) is 0 Å². The number of carbonyl (C=O) groups is 1. The number of aryl methyl sites for hydroxylation is 2. The molecule has 1 N–H and O–H groups in total. The van der Waals surface area contributed by atoms with Crippen LogP contribution in [0, 0.1) is 13.8 Å². The van der Waals surface area contributed by atoms with Crippen molar-refractivity contribution in [1.82, 2.24) is 34.8 Å². The summed E-state index contributed by atoms with van der Waals surface area (Å²) in [4.78, 5) is 33.2. The summed E-state index contributed by atoms with van der Waals surface area (Å²) in [5, 5.41) is 11.5. The van der Waals surface area contributed by atoms with E-state index >= 15 is 0 Å². The highest BCUT2D eigenvalue weighted by Gasteiger charge is 2.25. The number of rotatable bonds is 5. The van der Waals surface area contributed by atoms with Crippen molar-refractivity contribution < 1.29 is 4.79 Å². The Morgan fingerprint density at radius 3 is 2.43 bits per heavy atom. The Kier molecular flexibility index (Phi) is 5.71. The van der Waals surface area contributed by atoms with Gasteiger partial charge in [0.15, 0.2) is 0 Å². The van der Waals surface area contributed by atoms with Gasteiger partial charge in [-0.25, -0.2) is 4.68 Å². The summed E-state index contributed by atoms with van der Waals surface area (Å²) in [5.74, 6) is 0.0290. The van der Waals surface area contributed by atoms with Crippen LogP contribution in [0.5, 0.6) is 0 Å². The van der Waals surface area contributed by atoms with E-state index in [0.29, 0.717) is 31.7 Å². The Labute approximate surface area is 174 Å². The molecule has 9 nitrogen and oxygen atoms in total. The van der Waals surface area contributed by atoms with Crippen molar-refractivity contribution in [2.24, 2.45) is 0 Å². The number of aromatic nitrogens is 5. The van der Waals surface area contributed by atoms with Gasteiger partial charge in [0.2, 0.25) is 0 Å². The lowest BCUT2D eigenvalue weighted by atomic mass is 10.1. The summed E-state index contributed by atoms with van der Waals surface area (Å²) in [6, 6.07) is 7.03. The molecule has 0 unspecified atom stereocenters. The molecule has 4 rings (SSSR count). The maximum absolute atomic E-state index is 12.8. The second kappa shape index (κ2) is 8.58. The third kappa shape index (κ3) is 4.16. The number of piperazine rings is 1. The van der Waals surface area contributed by atoms with Gasteiger partial charge in [-0.05, 0) is 32.0 Å². The smallest absolute Gasteiger partial charge is 0.266 e. The van der Waals surface area contributed by atoms with Crippen molar-refractivity contribution in [3.8, 4) is 11.3 Å². The number of hydrogen-bond acceptors (Lipinski definition) is 6. The van der Waals surface area contributed by atoms with E-state index in [2.05, 4.69) is 25.2 Å². The summed E-state index contributed by atoms with van der Waals surface area (Å²) in [5.41, 5.74) is 3.77. The Balaban J connectivity index is 1.35. The van der Waals surface area contributed by atoms with Gasteiger partial charge in [-0.2, -0.15) is 10.2 Å². The highest BCUT2D eigenvalue weighted by atomic mass is 16.2. The lowest BCUT2D eigenvalue weighted by Crippen LogP contribution is -2.49. The largest absolute Gasteiger partial charge is 0.336 e. The summed E-state index contributed by atoms with van der Waals surface area (Å²) in [7, 11) is 0. The third-order valence-electron chi connectivity index (χ3n) is 5.47. The Bertz CT molecular complexity index is 1060. The summed E-state index contributed by atoms with van der Waals surface area (Å²) < 4.78 is 1.51. The summed E-state index contributed by atoms with van der Waals surface area (Å²) >= 11 is 0. The molecule has 30 heavy (non-hydrogen) atoms. The normalized spacial score (nSPS) is 14.8. The van der Waals surface area contributed by atoms with Crippen LogP contribution in [0.2, 0.25) is 0 Å². The molecule has 1 fully saturated rings. The quantitative estimate of drug-likeness (QED) is 0.680. The maximum Gasteiger partial charge on any atom is 0.266 e. The highest BCUT2D eigenvalue weighted by molar-refractivity contribution is 5.96. The van der Waals surface area contributed by atoms with Gasteiger partial charge >= 0.3 is 0 Å². The second-order valence-corrected chi connectivity index (χ2v) is 7.46. The number of carbonyl (C=O) groups excluding carboxylic acids is 1. The van der Waals surface area contributed by atoms with Crippen molar-refractivity contribution >= 4 is 5.91 Å². The van der Waals surface area contributed by atoms with Gasteiger partial charge in [0.1, 0.15) is 0 Å². The van der Waals surface area contributed by atoms with Gasteiger partial charge in [0.05, 0.1) is 23.5 Å². The molecule has 0 atom stereocenters. The van der Waals surface area contributed by atoms with Gasteiger partial charge in [0, 0.05) is 62.4 Å². The van der Waals surface area contributed by atoms with E-state index in [1.807, 2.05) is 30.9 Å². The molecular weight excluding hydrogens is 382 g/mol. The van der Waals surface area contributed by atoms with Crippen LogP contribution in [0.15, 0.2) is 41.5 Å². The van der Waals surface area contributed by atoms with Gasteiger partial charge in [-0.1, -0.05) is 0 Å². The number of hydrogen-bond donors (Lipinski definition) is 1.